The van der Waals surface area contributed by atoms with Gasteiger partial charge in [0.25, 0.3) is 0 Å². The molecule has 94 valence electrons. The average Bonchev–Trinajstić information content (AvgIpc) is 2.35. The first kappa shape index (κ1) is 13.4. The summed E-state index contributed by atoms with van der Waals surface area (Å²) >= 11 is 9.21. The van der Waals surface area contributed by atoms with E-state index < -0.39 is 0 Å². The van der Waals surface area contributed by atoms with Crippen LogP contribution < -0.4 is 5.32 Å². The second-order valence-corrected chi connectivity index (χ2v) is 5.33. The first-order valence-corrected chi connectivity index (χ1v) is 6.67. The summed E-state index contributed by atoms with van der Waals surface area (Å²) in [6.45, 7) is 2.58. The highest BCUT2D eigenvalue weighted by atomic mass is 79.9. The van der Waals surface area contributed by atoms with Crippen molar-refractivity contribution in [1.82, 2.24) is 0 Å². The van der Waals surface area contributed by atoms with Crippen LogP contribution in [0, 0.1) is 12.7 Å². The summed E-state index contributed by atoms with van der Waals surface area (Å²) in [5.41, 5.74) is 3.00. The van der Waals surface area contributed by atoms with Gasteiger partial charge in [-0.2, -0.15) is 0 Å². The Kier molecular flexibility index (Phi) is 4.25. The Labute approximate surface area is 119 Å². The van der Waals surface area contributed by atoms with Crippen molar-refractivity contribution in [2.75, 3.05) is 5.32 Å². The first-order valence-electron chi connectivity index (χ1n) is 5.50. The molecule has 1 nitrogen and oxygen atoms in total. The van der Waals surface area contributed by atoms with Crippen LogP contribution in [0.15, 0.2) is 40.9 Å². The SMILES string of the molecule is Cc1ccc(NCc2ccc(F)c(Br)c2)cc1Cl. The monoisotopic (exact) mass is 327 g/mol. The third-order valence-corrected chi connectivity index (χ3v) is 3.67. The number of anilines is 1. The van der Waals surface area contributed by atoms with Crippen LogP contribution in [0.25, 0.3) is 0 Å². The number of halogens is 3. The highest BCUT2D eigenvalue weighted by Gasteiger charge is 2.01. The zero-order chi connectivity index (χ0) is 13.1. The Morgan fingerprint density at radius 1 is 1.22 bits per heavy atom. The van der Waals surface area contributed by atoms with Gasteiger partial charge in [0.05, 0.1) is 4.47 Å². The molecular weight excluding hydrogens is 317 g/mol. The molecule has 0 aliphatic rings. The highest BCUT2D eigenvalue weighted by Crippen LogP contribution is 2.21. The molecule has 1 N–H and O–H groups in total. The minimum Gasteiger partial charge on any atom is -0.381 e. The lowest BCUT2D eigenvalue weighted by molar-refractivity contribution is 0.620. The number of aryl methyl sites for hydroxylation is 1. The molecule has 0 bridgehead atoms. The molecule has 2 aromatic carbocycles. The summed E-state index contributed by atoms with van der Waals surface area (Å²) in [4.78, 5) is 0. The van der Waals surface area contributed by atoms with Crippen LogP contribution in [0.3, 0.4) is 0 Å². The van der Waals surface area contributed by atoms with Gasteiger partial charge in [-0.1, -0.05) is 23.7 Å². The van der Waals surface area contributed by atoms with Gasteiger partial charge in [-0.3, -0.25) is 0 Å². The van der Waals surface area contributed by atoms with Gasteiger partial charge in [0.2, 0.25) is 0 Å². The maximum atomic E-state index is 13.1. The zero-order valence-electron chi connectivity index (χ0n) is 9.81. The van der Waals surface area contributed by atoms with Crippen molar-refractivity contribution in [2.24, 2.45) is 0 Å². The molecule has 0 heterocycles. The molecule has 4 heteroatoms. The zero-order valence-corrected chi connectivity index (χ0v) is 12.1. The molecule has 0 amide bonds. The van der Waals surface area contributed by atoms with E-state index in [2.05, 4.69) is 21.2 Å². The number of rotatable bonds is 3. The Hall–Kier alpha value is -1.06. The van der Waals surface area contributed by atoms with Gasteiger partial charge in [-0.15, -0.1) is 0 Å². The van der Waals surface area contributed by atoms with E-state index in [9.17, 15) is 4.39 Å². The minimum atomic E-state index is -0.253. The molecule has 0 atom stereocenters. The van der Waals surface area contributed by atoms with Gasteiger partial charge in [-0.05, 0) is 58.2 Å². The van der Waals surface area contributed by atoms with Crippen molar-refractivity contribution in [2.45, 2.75) is 13.5 Å². The molecule has 0 fully saturated rings. The summed E-state index contributed by atoms with van der Waals surface area (Å²) in [7, 11) is 0. The van der Waals surface area contributed by atoms with Crippen LogP contribution in [-0.2, 0) is 6.54 Å². The molecular formula is C14H12BrClFN. The summed E-state index contributed by atoms with van der Waals surface area (Å²) in [5.74, 6) is -0.253. The van der Waals surface area contributed by atoms with Gasteiger partial charge < -0.3 is 5.32 Å². The lowest BCUT2D eigenvalue weighted by Gasteiger charge is -2.08. The van der Waals surface area contributed by atoms with Crippen molar-refractivity contribution in [3.8, 4) is 0 Å². The Morgan fingerprint density at radius 2 is 2.00 bits per heavy atom. The van der Waals surface area contributed by atoms with Crippen LogP contribution >= 0.6 is 27.5 Å². The van der Waals surface area contributed by atoms with Gasteiger partial charge >= 0.3 is 0 Å². The average molecular weight is 329 g/mol. The van der Waals surface area contributed by atoms with Crippen molar-refractivity contribution in [3.63, 3.8) is 0 Å². The van der Waals surface area contributed by atoms with Crippen LogP contribution in [0.5, 0.6) is 0 Å². The van der Waals surface area contributed by atoms with E-state index in [4.69, 9.17) is 11.6 Å². The largest absolute Gasteiger partial charge is 0.381 e. The highest BCUT2D eigenvalue weighted by molar-refractivity contribution is 9.10. The van der Waals surface area contributed by atoms with Crippen LogP contribution in [0.4, 0.5) is 10.1 Å². The third-order valence-electron chi connectivity index (χ3n) is 2.65. The number of hydrogen-bond acceptors (Lipinski definition) is 1. The maximum Gasteiger partial charge on any atom is 0.137 e. The normalized spacial score (nSPS) is 10.4. The molecule has 18 heavy (non-hydrogen) atoms. The predicted octanol–water partition coefficient (Wildman–Crippen LogP) is 5.16. The molecule has 0 unspecified atom stereocenters. The fourth-order valence-electron chi connectivity index (χ4n) is 1.56. The smallest absolute Gasteiger partial charge is 0.137 e. The van der Waals surface area contributed by atoms with E-state index in [1.165, 1.54) is 6.07 Å². The fourth-order valence-corrected chi connectivity index (χ4v) is 2.16. The predicted molar refractivity (Wildman–Crippen MR) is 77.6 cm³/mol. The van der Waals surface area contributed by atoms with Crippen LogP contribution in [-0.4, -0.2) is 0 Å². The molecule has 2 rings (SSSR count). The van der Waals surface area contributed by atoms with Crippen LogP contribution in [0.2, 0.25) is 5.02 Å². The molecule has 0 spiro atoms. The standard InChI is InChI=1S/C14H12BrClFN/c1-9-2-4-11(7-13(9)16)18-8-10-3-5-14(17)12(15)6-10/h2-7,18H,8H2,1H3. The summed E-state index contributed by atoms with van der Waals surface area (Å²) in [5, 5.41) is 3.98. The summed E-state index contributed by atoms with van der Waals surface area (Å²) in [6, 6.07) is 10.8. The Balaban J connectivity index is 2.06. The molecule has 0 aromatic heterocycles. The second-order valence-electron chi connectivity index (χ2n) is 4.07. The molecule has 0 radical (unpaired) electrons. The van der Waals surface area contributed by atoms with Crippen LogP contribution in [0.1, 0.15) is 11.1 Å². The Bertz CT molecular complexity index is 520. The van der Waals surface area contributed by atoms with Crippen molar-refractivity contribution >= 4 is 33.2 Å². The number of nitrogens with one attached hydrogen (secondary N) is 1. The second kappa shape index (κ2) is 5.72. The molecule has 0 saturated carbocycles. The summed E-state index contributed by atoms with van der Waals surface area (Å²) < 4.78 is 13.6. The van der Waals surface area contributed by atoms with E-state index >= 15 is 0 Å². The van der Waals surface area contributed by atoms with Gasteiger partial charge in [-0.25, -0.2) is 4.39 Å². The lowest BCUT2D eigenvalue weighted by atomic mass is 10.2. The number of benzene rings is 2. The quantitative estimate of drug-likeness (QED) is 0.820. The van der Waals surface area contributed by atoms with Crippen molar-refractivity contribution in [3.05, 3.63) is 62.8 Å². The van der Waals surface area contributed by atoms with E-state index in [-0.39, 0.29) is 5.82 Å². The molecule has 0 aliphatic heterocycles. The molecule has 0 saturated heterocycles. The fraction of sp³-hybridized carbons (Fsp3) is 0.143. The van der Waals surface area contributed by atoms with E-state index in [1.807, 2.05) is 25.1 Å². The van der Waals surface area contributed by atoms with Gasteiger partial charge in [0.1, 0.15) is 5.82 Å². The molecule has 0 aliphatic carbocycles. The van der Waals surface area contributed by atoms with Gasteiger partial charge in [0, 0.05) is 17.3 Å². The topological polar surface area (TPSA) is 12.0 Å². The maximum absolute atomic E-state index is 13.1. The minimum absolute atomic E-state index is 0.253. The third kappa shape index (κ3) is 3.24. The summed E-state index contributed by atoms with van der Waals surface area (Å²) in [6.07, 6.45) is 0. The molecule has 2 aromatic rings. The van der Waals surface area contributed by atoms with Gasteiger partial charge in [0.15, 0.2) is 0 Å². The van der Waals surface area contributed by atoms with Crippen molar-refractivity contribution < 1.29 is 4.39 Å². The lowest BCUT2D eigenvalue weighted by Crippen LogP contribution is -1.99. The Morgan fingerprint density at radius 3 is 2.67 bits per heavy atom. The van der Waals surface area contributed by atoms with E-state index in [0.29, 0.717) is 11.0 Å². The van der Waals surface area contributed by atoms with Crippen molar-refractivity contribution in [1.29, 1.82) is 0 Å². The first-order chi connectivity index (χ1) is 8.56. The van der Waals surface area contributed by atoms with E-state index in [1.54, 1.807) is 12.1 Å². The van der Waals surface area contributed by atoms with E-state index in [0.717, 1.165) is 21.8 Å². The number of hydrogen-bond donors (Lipinski definition) is 1.